The number of nitrogens with one attached hydrogen (secondary N) is 1. The van der Waals surface area contributed by atoms with Crippen molar-refractivity contribution in [1.82, 2.24) is 10.2 Å². The number of piperidine rings is 1. The van der Waals surface area contributed by atoms with E-state index in [1.807, 2.05) is 24.3 Å². The molecule has 2 aromatic rings. The topological polar surface area (TPSA) is 102 Å². The summed E-state index contributed by atoms with van der Waals surface area (Å²) in [5.74, 6) is -1.09. The molecule has 1 fully saturated rings. The van der Waals surface area contributed by atoms with E-state index < -0.39 is 29.7 Å². The van der Waals surface area contributed by atoms with Gasteiger partial charge >= 0.3 is 0 Å². The fourth-order valence-corrected chi connectivity index (χ4v) is 4.13. The quantitative estimate of drug-likeness (QED) is 0.772. The van der Waals surface area contributed by atoms with Crippen molar-refractivity contribution in [2.45, 2.75) is 31.4 Å². The zero-order chi connectivity index (χ0) is 20.8. The maximum Gasteiger partial charge on any atom is 0.266 e. The van der Waals surface area contributed by atoms with E-state index in [1.54, 1.807) is 12.1 Å². The van der Waals surface area contributed by atoms with Gasteiger partial charge in [0.15, 0.2) is 0 Å². The van der Waals surface area contributed by atoms with E-state index in [0.29, 0.717) is 6.42 Å². The lowest BCUT2D eigenvalue weighted by Crippen LogP contribution is -2.54. The van der Waals surface area contributed by atoms with Gasteiger partial charge in [0.25, 0.3) is 11.8 Å². The van der Waals surface area contributed by atoms with E-state index in [-0.39, 0.29) is 42.4 Å². The van der Waals surface area contributed by atoms with E-state index in [2.05, 4.69) is 5.32 Å². The highest BCUT2D eigenvalue weighted by atomic mass is 16.5. The van der Waals surface area contributed by atoms with Crippen LogP contribution in [0, 0.1) is 0 Å². The van der Waals surface area contributed by atoms with Crippen LogP contribution in [0.5, 0.6) is 11.5 Å². The molecule has 0 bridgehead atoms. The Hall–Kier alpha value is -3.68. The molecular formula is C22H18N2O6. The Bertz CT molecular complexity index is 1070. The summed E-state index contributed by atoms with van der Waals surface area (Å²) in [7, 11) is 0. The summed E-state index contributed by atoms with van der Waals surface area (Å²) in [5, 5.41) is 2.19. The molecule has 2 aromatic carbocycles. The number of nitrogens with zero attached hydrogens (tertiary/aromatic N) is 1. The van der Waals surface area contributed by atoms with Gasteiger partial charge in [0.05, 0.1) is 11.1 Å². The highest BCUT2D eigenvalue weighted by molar-refractivity contribution is 6.24. The van der Waals surface area contributed by atoms with Crippen molar-refractivity contribution in [2.24, 2.45) is 0 Å². The van der Waals surface area contributed by atoms with Crippen LogP contribution in [0.25, 0.3) is 0 Å². The van der Waals surface area contributed by atoms with Gasteiger partial charge in [-0.1, -0.05) is 24.3 Å². The molecule has 8 heteroatoms. The van der Waals surface area contributed by atoms with Crippen LogP contribution in [0.4, 0.5) is 0 Å². The summed E-state index contributed by atoms with van der Waals surface area (Å²) < 4.78 is 11.7. The van der Waals surface area contributed by atoms with Crippen LogP contribution in [0.2, 0.25) is 0 Å². The number of ether oxygens (including phenoxy) is 2. The van der Waals surface area contributed by atoms with Crippen LogP contribution in [-0.2, 0) is 16.0 Å². The minimum atomic E-state index is -1.00. The molecule has 0 spiro atoms. The lowest BCUT2D eigenvalue weighted by molar-refractivity contribution is -0.136. The first-order valence-electron chi connectivity index (χ1n) is 9.75. The molecule has 3 aliphatic heterocycles. The van der Waals surface area contributed by atoms with Crippen molar-refractivity contribution in [1.29, 1.82) is 0 Å². The first-order chi connectivity index (χ1) is 14.5. The van der Waals surface area contributed by atoms with E-state index in [4.69, 9.17) is 9.47 Å². The van der Waals surface area contributed by atoms with E-state index >= 15 is 0 Å². The summed E-state index contributed by atoms with van der Waals surface area (Å²) >= 11 is 0. The largest absolute Gasteiger partial charge is 0.489 e. The number of benzene rings is 2. The molecule has 8 nitrogen and oxygen atoms in total. The molecule has 0 aliphatic carbocycles. The zero-order valence-corrected chi connectivity index (χ0v) is 15.9. The number of carbonyl (C=O) groups is 4. The Labute approximate surface area is 171 Å². The van der Waals surface area contributed by atoms with Gasteiger partial charge in [-0.15, -0.1) is 0 Å². The Kier molecular flexibility index (Phi) is 4.27. The van der Waals surface area contributed by atoms with Gasteiger partial charge in [0.2, 0.25) is 11.8 Å². The summed E-state index contributed by atoms with van der Waals surface area (Å²) in [5.41, 5.74) is 1.43. The third-order valence-electron chi connectivity index (χ3n) is 5.57. The molecule has 4 amide bonds. The van der Waals surface area contributed by atoms with Crippen LogP contribution in [0.3, 0.4) is 0 Å². The SMILES string of the molecule is O=C1CCC(N2C(=O)c3cccc(OCC4Cc5ccccc5O4)c3C2=O)C(=O)N1. The highest BCUT2D eigenvalue weighted by Crippen LogP contribution is 2.34. The summed E-state index contributed by atoms with van der Waals surface area (Å²) in [6.45, 7) is 0.213. The lowest BCUT2D eigenvalue weighted by Gasteiger charge is -2.27. The maximum atomic E-state index is 13.1. The second-order valence-corrected chi connectivity index (χ2v) is 7.49. The van der Waals surface area contributed by atoms with Gasteiger partial charge in [0, 0.05) is 12.8 Å². The molecule has 2 unspecified atom stereocenters. The number of carbonyl (C=O) groups excluding carboxylic acids is 4. The van der Waals surface area contributed by atoms with Crippen molar-refractivity contribution >= 4 is 23.6 Å². The average molecular weight is 406 g/mol. The molecule has 3 aliphatic rings. The molecule has 0 saturated carbocycles. The van der Waals surface area contributed by atoms with Crippen molar-refractivity contribution < 1.29 is 28.7 Å². The molecule has 5 rings (SSSR count). The fourth-order valence-electron chi connectivity index (χ4n) is 4.13. The van der Waals surface area contributed by atoms with Crippen molar-refractivity contribution in [3.05, 3.63) is 59.2 Å². The van der Waals surface area contributed by atoms with Crippen LogP contribution in [-0.4, -0.2) is 47.3 Å². The zero-order valence-electron chi connectivity index (χ0n) is 15.9. The van der Waals surface area contributed by atoms with Crippen molar-refractivity contribution in [3.63, 3.8) is 0 Å². The number of fused-ring (bicyclic) bond motifs is 2. The molecule has 0 aromatic heterocycles. The van der Waals surface area contributed by atoms with Crippen molar-refractivity contribution in [2.75, 3.05) is 6.61 Å². The van der Waals surface area contributed by atoms with Gasteiger partial charge in [-0.25, -0.2) is 0 Å². The normalized spacial score (nSPS) is 22.5. The van der Waals surface area contributed by atoms with E-state index in [0.717, 1.165) is 16.2 Å². The molecule has 30 heavy (non-hydrogen) atoms. The average Bonchev–Trinajstić information content (AvgIpc) is 3.26. The number of para-hydroxylation sites is 1. The molecule has 0 radical (unpaired) electrons. The molecular weight excluding hydrogens is 388 g/mol. The monoisotopic (exact) mass is 406 g/mol. The molecule has 152 valence electrons. The molecule has 3 heterocycles. The van der Waals surface area contributed by atoms with Crippen LogP contribution < -0.4 is 14.8 Å². The summed E-state index contributed by atoms with van der Waals surface area (Å²) in [4.78, 5) is 50.5. The Balaban J connectivity index is 1.35. The Morgan fingerprint density at radius 1 is 1.03 bits per heavy atom. The minimum Gasteiger partial charge on any atom is -0.489 e. The molecule has 1 N–H and O–H groups in total. The van der Waals surface area contributed by atoms with Gasteiger partial charge in [0.1, 0.15) is 30.3 Å². The first kappa shape index (κ1) is 18.4. The third-order valence-corrected chi connectivity index (χ3v) is 5.57. The third kappa shape index (κ3) is 2.92. The smallest absolute Gasteiger partial charge is 0.266 e. The number of hydrogen-bond donors (Lipinski definition) is 1. The second kappa shape index (κ2) is 6.98. The van der Waals surface area contributed by atoms with Crippen LogP contribution >= 0.6 is 0 Å². The maximum absolute atomic E-state index is 13.1. The minimum absolute atomic E-state index is 0.0761. The Morgan fingerprint density at radius 3 is 2.67 bits per heavy atom. The summed E-state index contributed by atoms with van der Waals surface area (Å²) in [6, 6.07) is 11.5. The van der Waals surface area contributed by atoms with Gasteiger partial charge in [-0.05, 0) is 30.2 Å². The fraction of sp³-hybridized carbons (Fsp3) is 0.273. The molecule has 2 atom stereocenters. The van der Waals surface area contributed by atoms with Crippen LogP contribution in [0.1, 0.15) is 39.1 Å². The number of hydrogen-bond acceptors (Lipinski definition) is 6. The standard InChI is InChI=1S/C22H18N2O6/c25-18-9-8-15(20(26)23-18)24-21(27)14-5-3-7-17(19(14)22(24)28)29-11-13-10-12-4-1-2-6-16(12)30-13/h1-7,13,15H,8-11H2,(H,23,25,26). The predicted octanol–water partition coefficient (Wildman–Crippen LogP) is 1.47. The van der Waals surface area contributed by atoms with Gasteiger partial charge in [-0.3, -0.25) is 29.4 Å². The second-order valence-electron chi connectivity index (χ2n) is 7.49. The van der Waals surface area contributed by atoms with E-state index in [1.165, 1.54) is 6.07 Å². The van der Waals surface area contributed by atoms with Gasteiger partial charge in [-0.2, -0.15) is 0 Å². The lowest BCUT2D eigenvalue weighted by atomic mass is 10.0. The van der Waals surface area contributed by atoms with Gasteiger partial charge < -0.3 is 9.47 Å². The molecule has 1 saturated heterocycles. The number of imide groups is 2. The van der Waals surface area contributed by atoms with E-state index in [9.17, 15) is 19.2 Å². The number of amides is 4. The van der Waals surface area contributed by atoms with Crippen molar-refractivity contribution in [3.8, 4) is 11.5 Å². The number of rotatable bonds is 4. The first-order valence-corrected chi connectivity index (χ1v) is 9.75. The highest BCUT2D eigenvalue weighted by Gasteiger charge is 2.46. The predicted molar refractivity (Wildman–Crippen MR) is 103 cm³/mol. The Morgan fingerprint density at radius 2 is 1.87 bits per heavy atom. The van der Waals surface area contributed by atoms with Crippen LogP contribution in [0.15, 0.2) is 42.5 Å². The summed E-state index contributed by atoms with van der Waals surface area (Å²) in [6.07, 6.45) is 0.685.